The highest BCUT2D eigenvalue weighted by Crippen LogP contribution is 2.58. The lowest BCUT2D eigenvalue weighted by Gasteiger charge is -2.04. The molecule has 19 heavy (non-hydrogen) atoms. The van der Waals surface area contributed by atoms with Gasteiger partial charge >= 0.3 is 0 Å². The Bertz CT molecular complexity index is 747. The van der Waals surface area contributed by atoms with Gasteiger partial charge in [0.2, 0.25) is 0 Å². The summed E-state index contributed by atoms with van der Waals surface area (Å²) < 4.78 is 1.51. The van der Waals surface area contributed by atoms with Gasteiger partial charge < -0.3 is 5.11 Å². The summed E-state index contributed by atoms with van der Waals surface area (Å²) in [4.78, 5) is 17.0. The van der Waals surface area contributed by atoms with E-state index in [-0.39, 0.29) is 24.0 Å². The molecule has 1 aliphatic rings. The van der Waals surface area contributed by atoms with E-state index in [0.717, 1.165) is 5.69 Å². The smallest absolute Gasteiger partial charge is 0.259 e. The van der Waals surface area contributed by atoms with Gasteiger partial charge in [0.15, 0.2) is 4.96 Å². The van der Waals surface area contributed by atoms with E-state index >= 15 is 0 Å². The molecule has 2 atom stereocenters. The second-order valence-electron chi connectivity index (χ2n) is 4.68. The van der Waals surface area contributed by atoms with Crippen molar-refractivity contribution >= 4 is 27.9 Å². The Morgan fingerprint density at radius 3 is 3.11 bits per heavy atom. The molecule has 5 nitrogen and oxygen atoms in total. The van der Waals surface area contributed by atoms with Crippen LogP contribution in [-0.4, -0.2) is 21.1 Å². The van der Waals surface area contributed by atoms with E-state index in [1.807, 2.05) is 5.38 Å². The number of nitriles is 1. The molecule has 0 radical (unpaired) electrons. The predicted molar refractivity (Wildman–Crippen MR) is 71.4 cm³/mol. The van der Waals surface area contributed by atoms with Crippen LogP contribution >= 0.6 is 22.9 Å². The average molecular weight is 296 g/mol. The van der Waals surface area contributed by atoms with E-state index in [4.69, 9.17) is 16.9 Å². The summed E-state index contributed by atoms with van der Waals surface area (Å²) in [5.41, 5.74) is 0.380. The number of hydrogen-bond acceptors (Lipinski definition) is 5. The molecule has 98 valence electrons. The zero-order valence-corrected chi connectivity index (χ0v) is 11.4. The van der Waals surface area contributed by atoms with Gasteiger partial charge in [-0.15, -0.1) is 22.9 Å². The highest BCUT2D eigenvalue weighted by molar-refractivity contribution is 7.15. The fourth-order valence-electron chi connectivity index (χ4n) is 2.32. The molecule has 2 aromatic heterocycles. The largest absolute Gasteiger partial charge is 0.395 e. The number of aliphatic hydroxyl groups excluding tert-OH is 1. The van der Waals surface area contributed by atoms with E-state index < -0.39 is 5.41 Å². The van der Waals surface area contributed by atoms with Crippen LogP contribution in [0.2, 0.25) is 0 Å². The molecule has 0 unspecified atom stereocenters. The first-order valence-electron chi connectivity index (χ1n) is 5.73. The van der Waals surface area contributed by atoms with Crippen molar-refractivity contribution < 1.29 is 5.11 Å². The third kappa shape index (κ3) is 1.77. The van der Waals surface area contributed by atoms with Gasteiger partial charge in [0.05, 0.1) is 29.7 Å². The van der Waals surface area contributed by atoms with Gasteiger partial charge in [0.1, 0.15) is 0 Å². The highest BCUT2D eigenvalue weighted by Gasteiger charge is 2.56. The van der Waals surface area contributed by atoms with Crippen LogP contribution < -0.4 is 5.56 Å². The third-order valence-electron chi connectivity index (χ3n) is 3.56. The molecule has 1 N–H and O–H groups in total. The first kappa shape index (κ1) is 12.6. The molecule has 2 heterocycles. The number of rotatable bonds is 3. The molecule has 0 spiro atoms. The SMILES string of the molecule is N#C[C@@]1(CO)C[C@H]1c1csc2nc(CCl)cc(=O)n12. The lowest BCUT2D eigenvalue weighted by atomic mass is 10.1. The Morgan fingerprint density at radius 2 is 2.53 bits per heavy atom. The molecule has 1 saturated carbocycles. The second-order valence-corrected chi connectivity index (χ2v) is 5.78. The van der Waals surface area contributed by atoms with Crippen LogP contribution in [-0.2, 0) is 5.88 Å². The molecule has 0 saturated heterocycles. The summed E-state index contributed by atoms with van der Waals surface area (Å²) in [5, 5.41) is 20.3. The topological polar surface area (TPSA) is 78.4 Å². The number of alkyl halides is 1. The normalized spacial score (nSPS) is 25.4. The van der Waals surface area contributed by atoms with Crippen LogP contribution in [0.5, 0.6) is 0 Å². The number of hydrogen-bond donors (Lipinski definition) is 1. The van der Waals surface area contributed by atoms with E-state index in [1.54, 1.807) is 0 Å². The van der Waals surface area contributed by atoms with Gasteiger partial charge in [-0.1, -0.05) is 0 Å². The summed E-state index contributed by atoms with van der Waals surface area (Å²) in [6.07, 6.45) is 0.579. The molecular weight excluding hydrogens is 286 g/mol. The molecule has 0 aromatic carbocycles. The van der Waals surface area contributed by atoms with E-state index in [1.165, 1.54) is 21.8 Å². The molecule has 0 amide bonds. The minimum atomic E-state index is -0.738. The summed E-state index contributed by atoms with van der Waals surface area (Å²) in [5.74, 6) is 0.0962. The first-order valence-corrected chi connectivity index (χ1v) is 7.15. The Morgan fingerprint density at radius 1 is 1.74 bits per heavy atom. The number of aromatic nitrogens is 2. The monoisotopic (exact) mass is 295 g/mol. The maximum absolute atomic E-state index is 12.1. The Hall–Kier alpha value is -1.42. The van der Waals surface area contributed by atoms with Gasteiger partial charge in [0.25, 0.3) is 5.56 Å². The van der Waals surface area contributed by atoms with Crippen LogP contribution in [0.1, 0.15) is 23.7 Å². The fraction of sp³-hybridized carbons (Fsp3) is 0.417. The summed E-state index contributed by atoms with van der Waals surface area (Å²) in [7, 11) is 0. The molecule has 0 aliphatic heterocycles. The van der Waals surface area contributed by atoms with Gasteiger partial charge in [-0.05, 0) is 6.42 Å². The Balaban J connectivity index is 2.14. The van der Waals surface area contributed by atoms with Gasteiger partial charge in [0, 0.05) is 23.1 Å². The number of nitrogens with zero attached hydrogens (tertiary/aromatic N) is 3. The van der Waals surface area contributed by atoms with Crippen LogP contribution in [0.3, 0.4) is 0 Å². The molecule has 0 bridgehead atoms. The molecule has 1 aliphatic carbocycles. The minimum Gasteiger partial charge on any atom is -0.395 e. The van der Waals surface area contributed by atoms with Crippen molar-refractivity contribution in [3.63, 3.8) is 0 Å². The van der Waals surface area contributed by atoms with E-state index in [2.05, 4.69) is 11.1 Å². The van der Waals surface area contributed by atoms with Crippen LogP contribution in [0.4, 0.5) is 0 Å². The Kier molecular flexibility index (Phi) is 2.86. The van der Waals surface area contributed by atoms with Gasteiger partial charge in [-0.2, -0.15) is 5.26 Å². The van der Waals surface area contributed by atoms with Crippen molar-refractivity contribution in [2.45, 2.75) is 18.2 Å². The summed E-state index contributed by atoms with van der Waals surface area (Å²) in [6.45, 7) is -0.187. The van der Waals surface area contributed by atoms with Crippen molar-refractivity contribution in [1.82, 2.24) is 9.38 Å². The zero-order valence-electron chi connectivity index (χ0n) is 9.84. The first-order chi connectivity index (χ1) is 9.15. The Labute approximate surface area is 117 Å². The molecule has 3 rings (SSSR count). The quantitative estimate of drug-likeness (QED) is 0.870. The maximum Gasteiger partial charge on any atom is 0.259 e. The van der Waals surface area contributed by atoms with Crippen molar-refractivity contribution in [2.75, 3.05) is 6.61 Å². The number of thiazole rings is 1. The molecular formula is C12H10ClN3O2S. The molecule has 1 fully saturated rings. The highest BCUT2D eigenvalue weighted by atomic mass is 35.5. The fourth-order valence-corrected chi connectivity index (χ4v) is 3.43. The van der Waals surface area contributed by atoms with E-state index in [9.17, 15) is 9.90 Å². The number of aliphatic hydroxyl groups is 1. The van der Waals surface area contributed by atoms with Gasteiger partial charge in [-0.25, -0.2) is 4.98 Å². The summed E-state index contributed by atoms with van der Waals surface area (Å²) >= 11 is 7.04. The second kappa shape index (κ2) is 4.30. The average Bonchev–Trinajstić information content (AvgIpc) is 3.01. The van der Waals surface area contributed by atoms with Crippen molar-refractivity contribution in [3.8, 4) is 6.07 Å². The van der Waals surface area contributed by atoms with Gasteiger partial charge in [-0.3, -0.25) is 9.20 Å². The van der Waals surface area contributed by atoms with Crippen molar-refractivity contribution in [1.29, 1.82) is 5.26 Å². The standard InChI is InChI=1S/C12H10ClN3O2S/c13-3-7-1-10(18)16-9(4-19-11(16)15-7)8-2-12(8,5-14)6-17/h1,4,8,17H,2-3,6H2/t8-,12+/m0/s1. The van der Waals surface area contributed by atoms with Crippen LogP contribution in [0, 0.1) is 16.7 Å². The van der Waals surface area contributed by atoms with Crippen LogP contribution in [0.15, 0.2) is 16.2 Å². The summed E-state index contributed by atoms with van der Waals surface area (Å²) in [6, 6.07) is 3.55. The van der Waals surface area contributed by atoms with Crippen molar-refractivity contribution in [3.05, 3.63) is 33.2 Å². The van der Waals surface area contributed by atoms with E-state index in [0.29, 0.717) is 17.1 Å². The molecule has 2 aromatic rings. The van der Waals surface area contributed by atoms with Crippen LogP contribution in [0.25, 0.3) is 4.96 Å². The number of halogens is 1. The lowest BCUT2D eigenvalue weighted by molar-refractivity contribution is 0.241. The number of fused-ring (bicyclic) bond motifs is 1. The maximum atomic E-state index is 12.1. The zero-order chi connectivity index (χ0) is 13.6. The third-order valence-corrected chi connectivity index (χ3v) is 4.68. The van der Waals surface area contributed by atoms with Crippen molar-refractivity contribution in [2.24, 2.45) is 5.41 Å². The lowest BCUT2D eigenvalue weighted by Crippen LogP contribution is -2.17. The minimum absolute atomic E-state index is 0.0994. The predicted octanol–water partition coefficient (Wildman–Crippen LogP) is 1.48. The molecule has 7 heteroatoms.